The van der Waals surface area contributed by atoms with Crippen molar-refractivity contribution >= 4 is 11.9 Å². The van der Waals surface area contributed by atoms with Crippen LogP contribution in [0, 0.1) is 0 Å². The van der Waals surface area contributed by atoms with Crippen LogP contribution >= 0.6 is 0 Å². The Morgan fingerprint density at radius 2 is 2.00 bits per heavy atom. The first-order chi connectivity index (χ1) is 7.54. The van der Waals surface area contributed by atoms with Gasteiger partial charge in [-0.05, 0) is 0 Å². The number of aliphatic hydroxyl groups is 1. The maximum atomic E-state index is 11.3. The van der Waals surface area contributed by atoms with E-state index in [1.165, 1.54) is 14.2 Å². The molecule has 4 N–H and O–H groups in total. The van der Waals surface area contributed by atoms with E-state index in [0.29, 0.717) is 0 Å². The van der Waals surface area contributed by atoms with Crippen LogP contribution in [0.15, 0.2) is 0 Å². The third-order valence-electron chi connectivity index (χ3n) is 1.95. The van der Waals surface area contributed by atoms with E-state index >= 15 is 0 Å². The molecule has 0 spiro atoms. The summed E-state index contributed by atoms with van der Waals surface area (Å²) in [6.07, 6.45) is -0.138. The number of hydrogen-bond donors (Lipinski definition) is 3. The molecule has 7 nitrogen and oxygen atoms in total. The molecule has 0 amide bonds. The average Bonchev–Trinajstić information content (AvgIpc) is 2.32. The SMILES string of the molecule is COC(=O)CC(NCC(N)CO)C(=O)OC. The summed E-state index contributed by atoms with van der Waals surface area (Å²) >= 11 is 0. The highest BCUT2D eigenvalue weighted by molar-refractivity contribution is 5.82. The number of aliphatic hydroxyl groups excluding tert-OH is 1. The monoisotopic (exact) mass is 234 g/mol. The van der Waals surface area contributed by atoms with Crippen molar-refractivity contribution in [1.29, 1.82) is 0 Å². The van der Waals surface area contributed by atoms with E-state index in [1.54, 1.807) is 0 Å². The summed E-state index contributed by atoms with van der Waals surface area (Å²) in [6, 6.07) is -1.31. The van der Waals surface area contributed by atoms with Gasteiger partial charge in [0.25, 0.3) is 0 Å². The molecule has 0 rings (SSSR count). The van der Waals surface area contributed by atoms with Gasteiger partial charge in [-0.2, -0.15) is 0 Å². The molecule has 0 heterocycles. The zero-order valence-electron chi connectivity index (χ0n) is 9.43. The van der Waals surface area contributed by atoms with Crippen molar-refractivity contribution in [3.8, 4) is 0 Å². The molecule has 0 saturated carbocycles. The highest BCUT2D eigenvalue weighted by Crippen LogP contribution is 1.97. The Morgan fingerprint density at radius 3 is 2.44 bits per heavy atom. The van der Waals surface area contributed by atoms with Crippen molar-refractivity contribution in [1.82, 2.24) is 5.32 Å². The number of ether oxygens (including phenoxy) is 2. The van der Waals surface area contributed by atoms with Gasteiger partial charge < -0.3 is 25.6 Å². The fraction of sp³-hybridized carbons (Fsp3) is 0.778. The molecule has 0 aromatic carbocycles. The average molecular weight is 234 g/mol. The molecule has 0 saturated heterocycles. The highest BCUT2D eigenvalue weighted by Gasteiger charge is 2.23. The van der Waals surface area contributed by atoms with Gasteiger partial charge in [0.2, 0.25) is 0 Å². The molecular weight excluding hydrogens is 216 g/mol. The number of nitrogens with one attached hydrogen (secondary N) is 1. The second-order valence-electron chi connectivity index (χ2n) is 3.21. The summed E-state index contributed by atoms with van der Waals surface area (Å²) < 4.78 is 8.95. The number of rotatable bonds is 7. The van der Waals surface area contributed by atoms with Gasteiger partial charge >= 0.3 is 11.9 Å². The fourth-order valence-corrected chi connectivity index (χ4v) is 0.989. The molecule has 0 aliphatic heterocycles. The van der Waals surface area contributed by atoms with Crippen molar-refractivity contribution in [2.75, 3.05) is 27.4 Å². The Kier molecular flexibility index (Phi) is 7.44. The smallest absolute Gasteiger partial charge is 0.323 e. The van der Waals surface area contributed by atoms with E-state index < -0.39 is 24.0 Å². The zero-order valence-corrected chi connectivity index (χ0v) is 9.43. The summed E-state index contributed by atoms with van der Waals surface area (Å²) in [5.74, 6) is -1.10. The minimum Gasteiger partial charge on any atom is -0.469 e. The Morgan fingerprint density at radius 1 is 1.38 bits per heavy atom. The lowest BCUT2D eigenvalue weighted by atomic mass is 10.2. The number of esters is 2. The van der Waals surface area contributed by atoms with Gasteiger partial charge in [-0.1, -0.05) is 0 Å². The Balaban J connectivity index is 4.21. The first-order valence-electron chi connectivity index (χ1n) is 4.79. The lowest BCUT2D eigenvalue weighted by Crippen LogP contribution is -2.46. The number of hydrogen-bond acceptors (Lipinski definition) is 7. The molecule has 94 valence electrons. The highest BCUT2D eigenvalue weighted by atomic mass is 16.5. The Hall–Kier alpha value is -1.18. The topological polar surface area (TPSA) is 111 Å². The van der Waals surface area contributed by atoms with Crippen LogP contribution in [0.5, 0.6) is 0 Å². The Bertz CT molecular complexity index is 234. The second kappa shape index (κ2) is 8.03. The van der Waals surface area contributed by atoms with Gasteiger partial charge in [0, 0.05) is 12.6 Å². The molecule has 0 aliphatic rings. The van der Waals surface area contributed by atoms with E-state index in [4.69, 9.17) is 10.8 Å². The molecule has 0 aromatic rings. The van der Waals surface area contributed by atoms with Crippen LogP contribution in [0.4, 0.5) is 0 Å². The standard InChI is InChI=1S/C9H18N2O5/c1-15-8(13)3-7(9(14)16-2)11-4-6(10)5-12/h6-7,11-12H,3-5,10H2,1-2H3. The quantitative estimate of drug-likeness (QED) is 0.437. The van der Waals surface area contributed by atoms with Gasteiger partial charge in [-0.25, -0.2) is 0 Å². The van der Waals surface area contributed by atoms with Crippen molar-refractivity contribution in [3.05, 3.63) is 0 Å². The molecule has 2 unspecified atom stereocenters. The van der Waals surface area contributed by atoms with Crippen LogP contribution in [0.3, 0.4) is 0 Å². The normalized spacial score (nSPS) is 14.0. The lowest BCUT2D eigenvalue weighted by Gasteiger charge is -2.17. The van der Waals surface area contributed by atoms with Crippen LogP contribution in [0.1, 0.15) is 6.42 Å². The van der Waals surface area contributed by atoms with Crippen molar-refractivity contribution in [2.45, 2.75) is 18.5 Å². The second-order valence-corrected chi connectivity index (χ2v) is 3.21. The maximum Gasteiger partial charge on any atom is 0.323 e. The summed E-state index contributed by atoms with van der Waals surface area (Å²) in [5, 5.41) is 11.4. The van der Waals surface area contributed by atoms with Crippen LogP contribution in [0.2, 0.25) is 0 Å². The summed E-state index contributed by atoms with van der Waals surface area (Å²) in [5.41, 5.74) is 5.45. The number of carbonyl (C=O) groups excluding carboxylic acids is 2. The van der Waals surface area contributed by atoms with Gasteiger partial charge in [0.1, 0.15) is 6.04 Å². The molecule has 2 atom stereocenters. The predicted molar refractivity (Wildman–Crippen MR) is 55.5 cm³/mol. The number of carbonyl (C=O) groups is 2. The van der Waals surface area contributed by atoms with E-state index in [-0.39, 0.29) is 19.6 Å². The largest absolute Gasteiger partial charge is 0.469 e. The molecule has 7 heteroatoms. The molecular formula is C9H18N2O5. The molecule has 0 bridgehead atoms. The maximum absolute atomic E-state index is 11.3. The van der Waals surface area contributed by atoms with Crippen LogP contribution < -0.4 is 11.1 Å². The minimum absolute atomic E-state index is 0.138. The van der Waals surface area contributed by atoms with Gasteiger partial charge in [0.05, 0.1) is 27.2 Å². The number of methoxy groups -OCH3 is 2. The first kappa shape index (κ1) is 14.8. The van der Waals surface area contributed by atoms with Gasteiger partial charge in [-0.3, -0.25) is 9.59 Å². The van der Waals surface area contributed by atoms with Crippen molar-refractivity contribution in [3.63, 3.8) is 0 Å². The fourth-order valence-electron chi connectivity index (χ4n) is 0.989. The minimum atomic E-state index is -0.810. The lowest BCUT2D eigenvalue weighted by molar-refractivity contribution is -0.149. The zero-order chi connectivity index (χ0) is 12.6. The number of nitrogens with two attached hydrogens (primary N) is 1. The third kappa shape index (κ3) is 5.64. The van der Waals surface area contributed by atoms with E-state index in [1.807, 2.05) is 0 Å². The molecule has 0 aliphatic carbocycles. The van der Waals surface area contributed by atoms with Gasteiger partial charge in [-0.15, -0.1) is 0 Å². The van der Waals surface area contributed by atoms with Crippen LogP contribution in [-0.2, 0) is 19.1 Å². The van der Waals surface area contributed by atoms with Crippen LogP contribution in [-0.4, -0.2) is 56.5 Å². The van der Waals surface area contributed by atoms with E-state index in [0.717, 1.165) is 0 Å². The van der Waals surface area contributed by atoms with Crippen molar-refractivity contribution < 1.29 is 24.2 Å². The Labute approximate surface area is 93.9 Å². The van der Waals surface area contributed by atoms with E-state index in [2.05, 4.69) is 14.8 Å². The predicted octanol–water partition coefficient (Wildman–Crippen LogP) is -2.00. The molecule has 0 fully saturated rings. The summed E-state index contributed by atoms with van der Waals surface area (Å²) in [6.45, 7) is -0.00756. The van der Waals surface area contributed by atoms with E-state index in [9.17, 15) is 9.59 Å². The molecule has 16 heavy (non-hydrogen) atoms. The van der Waals surface area contributed by atoms with Gasteiger partial charge in [0.15, 0.2) is 0 Å². The summed E-state index contributed by atoms with van der Waals surface area (Å²) in [4.78, 5) is 22.3. The van der Waals surface area contributed by atoms with Crippen molar-refractivity contribution in [2.24, 2.45) is 5.73 Å². The third-order valence-corrected chi connectivity index (χ3v) is 1.95. The van der Waals surface area contributed by atoms with Crippen LogP contribution in [0.25, 0.3) is 0 Å². The summed E-state index contributed by atoms with van der Waals surface area (Å²) in [7, 11) is 2.45. The molecule has 0 radical (unpaired) electrons. The first-order valence-corrected chi connectivity index (χ1v) is 4.79. The molecule has 0 aromatic heterocycles.